The van der Waals surface area contributed by atoms with Gasteiger partial charge >= 0.3 is 5.97 Å². The van der Waals surface area contributed by atoms with Crippen LogP contribution >= 0.6 is 0 Å². The normalized spacial score (nSPS) is 14.3. The summed E-state index contributed by atoms with van der Waals surface area (Å²) in [6.07, 6.45) is 1.63. The predicted molar refractivity (Wildman–Crippen MR) is 130 cm³/mol. The summed E-state index contributed by atoms with van der Waals surface area (Å²) in [7, 11) is 4.35. The number of anilines is 1. The maximum atomic E-state index is 13.0. The van der Waals surface area contributed by atoms with Crippen molar-refractivity contribution in [3.8, 4) is 11.5 Å². The van der Waals surface area contributed by atoms with E-state index >= 15 is 0 Å². The molecule has 0 radical (unpaired) electrons. The second-order valence-electron chi connectivity index (χ2n) is 7.57. The lowest BCUT2D eigenvalue weighted by Gasteiger charge is -2.16. The number of nitrogens with zero attached hydrogens (tertiary/aromatic N) is 1. The standard InChI is InChI=1S/C26H28N2O7/c1-17-24(26(31)34-4)20(25(30)28(17)13-14-32-2)15-18-9-11-19(12-10-18)35-16-23(29)27-21-7-5-6-8-22(21)33-3/h5-12,15H,13-14,16H2,1-4H3,(H,27,29). The Morgan fingerprint density at radius 1 is 1.03 bits per heavy atom. The van der Waals surface area contributed by atoms with Gasteiger partial charge in [-0.2, -0.15) is 0 Å². The number of para-hydroxylation sites is 2. The summed E-state index contributed by atoms with van der Waals surface area (Å²) in [5.74, 6) is -0.189. The van der Waals surface area contributed by atoms with Crippen LogP contribution in [0, 0.1) is 0 Å². The van der Waals surface area contributed by atoms with E-state index in [0.717, 1.165) is 0 Å². The summed E-state index contributed by atoms with van der Waals surface area (Å²) in [6.45, 7) is 2.16. The van der Waals surface area contributed by atoms with Crippen LogP contribution in [0.3, 0.4) is 0 Å². The topological polar surface area (TPSA) is 103 Å². The van der Waals surface area contributed by atoms with E-state index in [1.54, 1.807) is 62.6 Å². The zero-order valence-corrected chi connectivity index (χ0v) is 20.1. The zero-order chi connectivity index (χ0) is 25.4. The Balaban J connectivity index is 1.69. The summed E-state index contributed by atoms with van der Waals surface area (Å²) in [6, 6.07) is 13.9. The number of benzene rings is 2. The fraction of sp³-hybridized carbons (Fsp3) is 0.269. The van der Waals surface area contributed by atoms with Gasteiger partial charge in [0.1, 0.15) is 11.5 Å². The molecule has 0 aromatic heterocycles. The van der Waals surface area contributed by atoms with Gasteiger partial charge in [-0.1, -0.05) is 24.3 Å². The average molecular weight is 481 g/mol. The number of hydrogen-bond acceptors (Lipinski definition) is 7. The van der Waals surface area contributed by atoms with Crippen LogP contribution in [0.15, 0.2) is 65.4 Å². The number of allylic oxidation sites excluding steroid dienone is 1. The molecule has 9 nitrogen and oxygen atoms in total. The number of rotatable bonds is 10. The zero-order valence-electron chi connectivity index (χ0n) is 20.1. The lowest BCUT2D eigenvalue weighted by molar-refractivity contribution is -0.136. The van der Waals surface area contributed by atoms with Crippen molar-refractivity contribution in [1.29, 1.82) is 0 Å². The molecule has 2 aromatic carbocycles. The van der Waals surface area contributed by atoms with Gasteiger partial charge in [0, 0.05) is 19.4 Å². The Morgan fingerprint density at radius 3 is 2.40 bits per heavy atom. The third kappa shape index (κ3) is 6.07. The fourth-order valence-electron chi connectivity index (χ4n) is 3.59. The van der Waals surface area contributed by atoms with Gasteiger partial charge in [0.05, 0.1) is 37.7 Å². The van der Waals surface area contributed by atoms with E-state index in [2.05, 4.69) is 5.32 Å². The smallest absolute Gasteiger partial charge is 0.340 e. The largest absolute Gasteiger partial charge is 0.495 e. The molecule has 1 aliphatic rings. The van der Waals surface area contributed by atoms with Gasteiger partial charge in [0.2, 0.25) is 0 Å². The van der Waals surface area contributed by atoms with Gasteiger partial charge in [0.25, 0.3) is 11.8 Å². The van der Waals surface area contributed by atoms with Gasteiger partial charge in [-0.25, -0.2) is 4.79 Å². The molecule has 0 bridgehead atoms. The quantitative estimate of drug-likeness (QED) is 0.412. The monoisotopic (exact) mass is 480 g/mol. The summed E-state index contributed by atoms with van der Waals surface area (Å²) in [5.41, 5.74) is 2.22. The highest BCUT2D eigenvalue weighted by atomic mass is 16.5. The van der Waals surface area contributed by atoms with E-state index in [1.807, 2.05) is 6.07 Å². The van der Waals surface area contributed by atoms with E-state index in [1.165, 1.54) is 19.1 Å². The molecule has 0 spiro atoms. The molecule has 0 fully saturated rings. The van der Waals surface area contributed by atoms with Crippen molar-refractivity contribution >= 4 is 29.5 Å². The van der Waals surface area contributed by atoms with Crippen molar-refractivity contribution in [2.24, 2.45) is 0 Å². The van der Waals surface area contributed by atoms with Crippen molar-refractivity contribution in [3.05, 3.63) is 70.9 Å². The molecule has 0 aliphatic carbocycles. The van der Waals surface area contributed by atoms with Crippen LogP contribution in [0.1, 0.15) is 12.5 Å². The van der Waals surface area contributed by atoms with E-state index in [0.29, 0.717) is 41.6 Å². The molecular weight excluding hydrogens is 452 g/mol. The minimum Gasteiger partial charge on any atom is -0.495 e. The average Bonchev–Trinajstić information content (AvgIpc) is 3.10. The first-order valence-electron chi connectivity index (χ1n) is 10.9. The molecular formula is C26H28N2O7. The maximum absolute atomic E-state index is 13.0. The first kappa shape index (κ1) is 25.5. The van der Waals surface area contributed by atoms with E-state index in [4.69, 9.17) is 18.9 Å². The Kier molecular flexibility index (Phi) is 8.63. The van der Waals surface area contributed by atoms with Gasteiger partial charge in [-0.15, -0.1) is 0 Å². The lowest BCUT2D eigenvalue weighted by atomic mass is 10.0. The SMILES string of the molecule is COCCN1C(=O)C(=Cc2ccc(OCC(=O)Nc3ccccc3OC)cc2)C(C(=O)OC)=C1C. The lowest BCUT2D eigenvalue weighted by Crippen LogP contribution is -2.28. The molecule has 9 heteroatoms. The number of carbonyl (C=O) groups excluding carboxylic acids is 3. The Bertz CT molecular complexity index is 1150. The third-order valence-electron chi connectivity index (χ3n) is 5.36. The van der Waals surface area contributed by atoms with Crippen LogP contribution in [0.25, 0.3) is 6.08 Å². The van der Waals surface area contributed by atoms with Crippen molar-refractivity contribution in [3.63, 3.8) is 0 Å². The predicted octanol–water partition coefficient (Wildman–Crippen LogP) is 3.03. The minimum absolute atomic E-state index is 0.195. The Labute approximate surface area is 203 Å². The van der Waals surface area contributed by atoms with Gasteiger partial charge in [-0.3, -0.25) is 9.59 Å². The van der Waals surface area contributed by atoms with Crippen LogP contribution in [0.2, 0.25) is 0 Å². The molecule has 0 atom stereocenters. The Hall–Kier alpha value is -4.11. The highest BCUT2D eigenvalue weighted by molar-refractivity contribution is 6.16. The number of hydrogen-bond donors (Lipinski definition) is 1. The number of methoxy groups -OCH3 is 3. The molecule has 0 saturated carbocycles. The van der Waals surface area contributed by atoms with E-state index < -0.39 is 5.97 Å². The molecule has 2 amide bonds. The molecule has 1 heterocycles. The minimum atomic E-state index is -0.581. The van der Waals surface area contributed by atoms with Gasteiger partial charge < -0.3 is 29.2 Å². The number of esters is 1. The van der Waals surface area contributed by atoms with Crippen molar-refractivity contribution in [1.82, 2.24) is 4.90 Å². The van der Waals surface area contributed by atoms with Crippen molar-refractivity contribution in [2.75, 3.05) is 46.4 Å². The Morgan fingerprint density at radius 2 is 1.74 bits per heavy atom. The second-order valence-corrected chi connectivity index (χ2v) is 7.57. The van der Waals surface area contributed by atoms with Crippen LogP contribution in [0.5, 0.6) is 11.5 Å². The van der Waals surface area contributed by atoms with Gasteiger partial charge in [-0.05, 0) is 42.8 Å². The maximum Gasteiger partial charge on any atom is 0.340 e. The van der Waals surface area contributed by atoms with Crippen LogP contribution in [0.4, 0.5) is 5.69 Å². The number of carbonyl (C=O) groups is 3. The summed E-state index contributed by atoms with van der Waals surface area (Å²) in [4.78, 5) is 39.1. The fourth-order valence-corrected chi connectivity index (χ4v) is 3.59. The second kappa shape index (κ2) is 11.8. The highest BCUT2D eigenvalue weighted by Gasteiger charge is 2.36. The van der Waals surface area contributed by atoms with Crippen LogP contribution < -0.4 is 14.8 Å². The van der Waals surface area contributed by atoms with Crippen LogP contribution in [-0.4, -0.2) is 63.8 Å². The van der Waals surface area contributed by atoms with E-state index in [-0.39, 0.29) is 29.6 Å². The molecule has 35 heavy (non-hydrogen) atoms. The summed E-state index contributed by atoms with van der Waals surface area (Å²) < 4.78 is 20.8. The molecule has 0 unspecified atom stereocenters. The molecule has 184 valence electrons. The van der Waals surface area contributed by atoms with Crippen LogP contribution in [-0.2, 0) is 23.9 Å². The number of ether oxygens (including phenoxy) is 4. The molecule has 2 aromatic rings. The highest BCUT2D eigenvalue weighted by Crippen LogP contribution is 2.31. The van der Waals surface area contributed by atoms with Gasteiger partial charge in [0.15, 0.2) is 6.61 Å². The number of nitrogens with one attached hydrogen (secondary N) is 1. The third-order valence-corrected chi connectivity index (χ3v) is 5.36. The first-order valence-corrected chi connectivity index (χ1v) is 10.9. The first-order chi connectivity index (χ1) is 16.9. The molecule has 1 N–H and O–H groups in total. The van der Waals surface area contributed by atoms with E-state index in [9.17, 15) is 14.4 Å². The molecule has 0 saturated heterocycles. The molecule has 1 aliphatic heterocycles. The number of amides is 2. The molecule has 3 rings (SSSR count). The summed E-state index contributed by atoms with van der Waals surface area (Å²) in [5, 5.41) is 2.74. The van der Waals surface area contributed by atoms with Crippen molar-refractivity contribution < 1.29 is 33.3 Å². The summed E-state index contributed by atoms with van der Waals surface area (Å²) >= 11 is 0. The van der Waals surface area contributed by atoms with Crippen molar-refractivity contribution in [2.45, 2.75) is 6.92 Å².